The van der Waals surface area contributed by atoms with Crippen molar-refractivity contribution >= 4 is 21.9 Å². The average Bonchev–Trinajstić information content (AvgIpc) is 2.06. The smallest absolute Gasteiger partial charge is 0.326 e. The highest BCUT2D eigenvalue weighted by Crippen LogP contribution is 2.08. The number of carbonyl (C=O) groups is 1. The fourth-order valence-electron chi connectivity index (χ4n) is 1.13. The number of halogens is 1. The number of hydrogen-bond acceptors (Lipinski definition) is 3. The summed E-state index contributed by atoms with van der Waals surface area (Å²) in [5.74, 6) is -0.420. The Bertz CT molecular complexity index is 445. The van der Waals surface area contributed by atoms with E-state index in [0.717, 1.165) is 0 Å². The van der Waals surface area contributed by atoms with Gasteiger partial charge in [0.1, 0.15) is 12.1 Å². The Kier molecular flexibility index (Phi) is 3.91. The van der Waals surface area contributed by atoms with Crippen LogP contribution < -0.4 is 5.56 Å². The molecule has 0 spiro atoms. The Labute approximate surface area is 102 Å². The molecule has 1 rings (SSSR count). The molecular weight excluding hydrogens is 274 g/mol. The number of carbonyl (C=O) groups excluding carboxylic acids is 1. The van der Waals surface area contributed by atoms with E-state index >= 15 is 0 Å². The molecule has 0 atom stereocenters. The minimum absolute atomic E-state index is 0.0661. The van der Waals surface area contributed by atoms with Gasteiger partial charge in [-0.05, 0) is 26.8 Å². The van der Waals surface area contributed by atoms with Crippen molar-refractivity contribution < 1.29 is 9.53 Å². The van der Waals surface area contributed by atoms with Crippen molar-refractivity contribution in [2.24, 2.45) is 0 Å². The molecule has 1 aromatic rings. The van der Waals surface area contributed by atoms with Crippen LogP contribution in [0.2, 0.25) is 0 Å². The van der Waals surface area contributed by atoms with Crippen LogP contribution >= 0.6 is 15.9 Å². The van der Waals surface area contributed by atoms with Gasteiger partial charge in [-0.25, -0.2) is 0 Å². The lowest BCUT2D eigenvalue weighted by Crippen LogP contribution is -2.30. The van der Waals surface area contributed by atoms with Gasteiger partial charge in [0.15, 0.2) is 0 Å². The number of pyridine rings is 1. The Morgan fingerprint density at radius 1 is 1.50 bits per heavy atom. The maximum Gasteiger partial charge on any atom is 0.326 e. The van der Waals surface area contributed by atoms with Gasteiger partial charge in [-0.15, -0.1) is 0 Å². The van der Waals surface area contributed by atoms with Gasteiger partial charge in [0.05, 0.1) is 0 Å². The lowest BCUT2D eigenvalue weighted by Gasteiger charge is -2.19. The number of nitrogens with zero attached hydrogens (tertiary/aromatic N) is 1. The molecule has 5 heteroatoms. The fourth-order valence-corrected chi connectivity index (χ4v) is 1.44. The molecule has 4 nitrogen and oxygen atoms in total. The minimum atomic E-state index is -0.532. The third-order valence-corrected chi connectivity index (χ3v) is 2.17. The molecule has 0 aliphatic heterocycles. The molecule has 0 radical (unpaired) electrons. The van der Waals surface area contributed by atoms with Gasteiger partial charge >= 0.3 is 5.97 Å². The molecule has 1 heterocycles. The van der Waals surface area contributed by atoms with Gasteiger partial charge in [0.2, 0.25) is 0 Å². The van der Waals surface area contributed by atoms with E-state index in [-0.39, 0.29) is 12.1 Å². The van der Waals surface area contributed by atoms with E-state index in [9.17, 15) is 9.59 Å². The maximum absolute atomic E-state index is 11.5. The van der Waals surface area contributed by atoms with Gasteiger partial charge in [-0.1, -0.05) is 15.9 Å². The molecule has 1 aromatic heterocycles. The molecule has 0 fully saturated rings. The van der Waals surface area contributed by atoms with E-state index in [1.165, 1.54) is 10.6 Å². The first-order valence-electron chi connectivity index (χ1n) is 4.86. The molecule has 16 heavy (non-hydrogen) atoms. The van der Waals surface area contributed by atoms with Crippen molar-refractivity contribution in [3.05, 3.63) is 33.2 Å². The normalized spacial score (nSPS) is 11.2. The van der Waals surface area contributed by atoms with E-state index in [2.05, 4.69) is 15.9 Å². The van der Waals surface area contributed by atoms with Crippen LogP contribution in [0.3, 0.4) is 0 Å². The van der Waals surface area contributed by atoms with Crippen LogP contribution in [-0.2, 0) is 16.1 Å². The second-order valence-corrected chi connectivity index (χ2v) is 5.31. The summed E-state index contributed by atoms with van der Waals surface area (Å²) in [7, 11) is 0. The molecule has 0 aromatic carbocycles. The van der Waals surface area contributed by atoms with Crippen LogP contribution in [-0.4, -0.2) is 16.1 Å². The fraction of sp³-hybridized carbons (Fsp3) is 0.455. The first kappa shape index (κ1) is 13.0. The highest BCUT2D eigenvalue weighted by atomic mass is 79.9. The van der Waals surface area contributed by atoms with Crippen LogP contribution in [0, 0.1) is 0 Å². The zero-order valence-corrected chi connectivity index (χ0v) is 11.1. The highest BCUT2D eigenvalue weighted by Gasteiger charge is 2.16. The van der Waals surface area contributed by atoms with Crippen LogP contribution in [0.5, 0.6) is 0 Å². The van der Waals surface area contributed by atoms with Crippen molar-refractivity contribution in [1.29, 1.82) is 0 Å². The van der Waals surface area contributed by atoms with Gasteiger partial charge < -0.3 is 9.30 Å². The molecule has 0 N–H and O–H groups in total. The summed E-state index contributed by atoms with van der Waals surface area (Å²) >= 11 is 3.18. The van der Waals surface area contributed by atoms with Gasteiger partial charge in [0.25, 0.3) is 5.56 Å². The van der Waals surface area contributed by atoms with Crippen molar-refractivity contribution in [1.82, 2.24) is 4.57 Å². The maximum atomic E-state index is 11.5. The topological polar surface area (TPSA) is 48.3 Å². The summed E-state index contributed by atoms with van der Waals surface area (Å²) in [6.07, 6.45) is 1.55. The molecule has 0 aliphatic rings. The zero-order valence-electron chi connectivity index (χ0n) is 9.49. The summed E-state index contributed by atoms with van der Waals surface area (Å²) in [5.41, 5.74) is -0.768. The standard InChI is InChI=1S/C11H14BrNO3/c1-11(2,3)16-10(15)7-13-5-4-8(12)6-9(13)14/h4-6H,7H2,1-3H3. The second-order valence-electron chi connectivity index (χ2n) is 4.40. The number of aromatic nitrogens is 1. The van der Waals surface area contributed by atoms with Crippen LogP contribution in [0.15, 0.2) is 27.6 Å². The van der Waals surface area contributed by atoms with Crippen molar-refractivity contribution in [2.45, 2.75) is 32.9 Å². The largest absolute Gasteiger partial charge is 0.459 e. The number of rotatable bonds is 2. The Morgan fingerprint density at radius 3 is 2.62 bits per heavy atom. The molecule has 88 valence electrons. The molecule has 0 unspecified atom stereocenters. The number of esters is 1. The summed E-state index contributed by atoms with van der Waals surface area (Å²) in [6, 6.07) is 3.11. The lowest BCUT2D eigenvalue weighted by molar-refractivity contribution is -0.155. The highest BCUT2D eigenvalue weighted by molar-refractivity contribution is 9.10. The molecule has 0 aliphatic carbocycles. The van der Waals surface area contributed by atoms with E-state index in [1.54, 1.807) is 33.0 Å². The first-order chi connectivity index (χ1) is 7.28. The number of ether oxygens (including phenoxy) is 1. The molecule has 0 saturated carbocycles. The van der Waals surface area contributed by atoms with Crippen LogP contribution in [0.25, 0.3) is 0 Å². The van der Waals surface area contributed by atoms with Crippen LogP contribution in [0.4, 0.5) is 0 Å². The van der Waals surface area contributed by atoms with Gasteiger partial charge in [-0.2, -0.15) is 0 Å². The van der Waals surface area contributed by atoms with E-state index in [4.69, 9.17) is 4.74 Å². The molecule has 0 bridgehead atoms. The predicted molar refractivity (Wildman–Crippen MR) is 64.2 cm³/mol. The van der Waals surface area contributed by atoms with Gasteiger partial charge in [-0.3, -0.25) is 9.59 Å². The molecule has 0 saturated heterocycles. The summed E-state index contributed by atoms with van der Waals surface area (Å²) in [6.45, 7) is 5.29. The zero-order chi connectivity index (χ0) is 12.3. The molecular formula is C11H14BrNO3. The SMILES string of the molecule is CC(C)(C)OC(=O)Cn1ccc(Br)cc1=O. The van der Waals surface area contributed by atoms with Crippen molar-refractivity contribution in [3.8, 4) is 0 Å². The molecule has 0 amide bonds. The third-order valence-electron chi connectivity index (χ3n) is 1.68. The third kappa shape index (κ3) is 4.18. The minimum Gasteiger partial charge on any atom is -0.459 e. The predicted octanol–water partition coefficient (Wildman–Crippen LogP) is 1.95. The van der Waals surface area contributed by atoms with E-state index in [1.807, 2.05) is 0 Å². The van der Waals surface area contributed by atoms with E-state index < -0.39 is 11.6 Å². The average molecular weight is 288 g/mol. The van der Waals surface area contributed by atoms with Crippen molar-refractivity contribution in [3.63, 3.8) is 0 Å². The van der Waals surface area contributed by atoms with E-state index in [0.29, 0.717) is 4.47 Å². The summed E-state index contributed by atoms with van der Waals surface area (Å²) in [5, 5.41) is 0. The monoisotopic (exact) mass is 287 g/mol. The summed E-state index contributed by atoms with van der Waals surface area (Å²) in [4.78, 5) is 22.9. The lowest BCUT2D eigenvalue weighted by atomic mass is 10.2. The Hall–Kier alpha value is -1.10. The van der Waals surface area contributed by atoms with Crippen molar-refractivity contribution in [2.75, 3.05) is 0 Å². The Morgan fingerprint density at radius 2 is 2.12 bits per heavy atom. The second kappa shape index (κ2) is 4.82. The van der Waals surface area contributed by atoms with Gasteiger partial charge in [0, 0.05) is 16.7 Å². The quantitative estimate of drug-likeness (QED) is 0.781. The number of hydrogen-bond donors (Lipinski definition) is 0. The summed E-state index contributed by atoms with van der Waals surface area (Å²) < 4.78 is 7.11. The first-order valence-corrected chi connectivity index (χ1v) is 5.65. The Balaban J connectivity index is 2.74. The van der Waals surface area contributed by atoms with Crippen LogP contribution in [0.1, 0.15) is 20.8 Å².